The summed E-state index contributed by atoms with van der Waals surface area (Å²) >= 11 is 7.80. The van der Waals surface area contributed by atoms with Crippen LogP contribution in [0.1, 0.15) is 24.0 Å². The Balaban J connectivity index is 1.49. The molecule has 1 aliphatic heterocycles. The first-order valence-corrected chi connectivity index (χ1v) is 12.0. The largest absolute Gasteiger partial charge is 0.423 e. The summed E-state index contributed by atoms with van der Waals surface area (Å²) in [5, 5.41) is 10.9. The fourth-order valence-electron chi connectivity index (χ4n) is 3.97. The molecule has 0 radical (unpaired) electrons. The van der Waals surface area contributed by atoms with E-state index in [1.54, 1.807) is 18.2 Å². The van der Waals surface area contributed by atoms with E-state index in [-0.39, 0.29) is 11.9 Å². The standard InChI is InChI=1S/C24H21ClFN3O3S/c1-14-9-21-19(11-20(14)25)16(10-22(30)32-21)13-33-24-28-27-23(15-4-6-17(26)7-5-15)29(24)12-18-3-2-8-31-18/h4-7,9-11,18H,2-3,8,12-13H2,1H3/t18-/m0/s1. The van der Waals surface area contributed by atoms with Crippen LogP contribution in [0.15, 0.2) is 56.8 Å². The first-order chi connectivity index (χ1) is 16.0. The third kappa shape index (κ3) is 4.69. The third-order valence-electron chi connectivity index (χ3n) is 5.70. The summed E-state index contributed by atoms with van der Waals surface area (Å²) in [5.74, 6) is 0.834. The van der Waals surface area contributed by atoms with Gasteiger partial charge in [-0.1, -0.05) is 23.4 Å². The zero-order chi connectivity index (χ0) is 22.9. The third-order valence-corrected chi connectivity index (χ3v) is 7.12. The molecule has 6 nitrogen and oxygen atoms in total. The second kappa shape index (κ2) is 9.29. The maximum absolute atomic E-state index is 13.4. The first-order valence-electron chi connectivity index (χ1n) is 10.6. The van der Waals surface area contributed by atoms with Gasteiger partial charge in [0.2, 0.25) is 0 Å². The van der Waals surface area contributed by atoms with Gasteiger partial charge < -0.3 is 9.15 Å². The van der Waals surface area contributed by atoms with Crippen LogP contribution in [0.3, 0.4) is 0 Å². The molecule has 0 N–H and O–H groups in total. The average Bonchev–Trinajstić information content (AvgIpc) is 3.44. The van der Waals surface area contributed by atoms with E-state index >= 15 is 0 Å². The number of hydrogen-bond acceptors (Lipinski definition) is 6. The van der Waals surface area contributed by atoms with Crippen molar-refractivity contribution in [2.24, 2.45) is 0 Å². The molecule has 0 spiro atoms. The van der Waals surface area contributed by atoms with Gasteiger partial charge in [0, 0.05) is 34.4 Å². The molecule has 3 heterocycles. The molecule has 170 valence electrons. The molecule has 0 unspecified atom stereocenters. The van der Waals surface area contributed by atoms with Crippen molar-refractivity contribution in [2.45, 2.75) is 43.3 Å². The van der Waals surface area contributed by atoms with Gasteiger partial charge in [0.15, 0.2) is 11.0 Å². The lowest BCUT2D eigenvalue weighted by Crippen LogP contribution is -2.16. The lowest BCUT2D eigenvalue weighted by molar-refractivity contribution is 0.0953. The molecule has 5 rings (SSSR count). The Morgan fingerprint density at radius 2 is 2.03 bits per heavy atom. The normalized spacial score (nSPS) is 16.0. The Bertz CT molecular complexity index is 1360. The van der Waals surface area contributed by atoms with Crippen molar-refractivity contribution in [3.05, 3.63) is 74.9 Å². The highest BCUT2D eigenvalue weighted by Gasteiger charge is 2.22. The summed E-state index contributed by atoms with van der Waals surface area (Å²) in [6, 6.07) is 11.3. The predicted molar refractivity (Wildman–Crippen MR) is 126 cm³/mol. The number of ether oxygens (including phenoxy) is 1. The van der Waals surface area contributed by atoms with E-state index in [9.17, 15) is 9.18 Å². The van der Waals surface area contributed by atoms with Crippen molar-refractivity contribution < 1.29 is 13.5 Å². The molecular weight excluding hydrogens is 465 g/mol. The molecule has 1 atom stereocenters. The van der Waals surface area contributed by atoms with Crippen LogP contribution in [0, 0.1) is 12.7 Å². The van der Waals surface area contributed by atoms with Crippen molar-refractivity contribution in [1.29, 1.82) is 0 Å². The molecule has 33 heavy (non-hydrogen) atoms. The van der Waals surface area contributed by atoms with Gasteiger partial charge in [0.05, 0.1) is 12.6 Å². The number of halogens is 2. The smallest absolute Gasteiger partial charge is 0.336 e. The molecular formula is C24H21ClFN3O3S. The number of thioether (sulfide) groups is 1. The van der Waals surface area contributed by atoms with Gasteiger partial charge in [-0.3, -0.25) is 4.57 Å². The van der Waals surface area contributed by atoms with Gasteiger partial charge in [-0.2, -0.15) is 0 Å². The Hall–Kier alpha value is -2.68. The zero-order valence-corrected chi connectivity index (χ0v) is 19.5. The van der Waals surface area contributed by atoms with Gasteiger partial charge in [-0.25, -0.2) is 9.18 Å². The van der Waals surface area contributed by atoms with Gasteiger partial charge >= 0.3 is 5.63 Å². The van der Waals surface area contributed by atoms with Crippen LogP contribution in [0.5, 0.6) is 0 Å². The lowest BCUT2D eigenvalue weighted by Gasteiger charge is -2.15. The maximum atomic E-state index is 13.4. The molecule has 4 aromatic rings. The quantitative estimate of drug-likeness (QED) is 0.260. The zero-order valence-electron chi connectivity index (χ0n) is 17.9. The summed E-state index contributed by atoms with van der Waals surface area (Å²) in [7, 11) is 0. The highest BCUT2D eigenvalue weighted by atomic mass is 35.5. The highest BCUT2D eigenvalue weighted by Crippen LogP contribution is 2.31. The number of fused-ring (bicyclic) bond motifs is 1. The van der Waals surface area contributed by atoms with Crippen LogP contribution >= 0.6 is 23.4 Å². The number of aryl methyl sites for hydroxylation is 1. The SMILES string of the molecule is Cc1cc2oc(=O)cc(CSc3nnc(-c4ccc(F)cc4)n3C[C@@H]3CCCO3)c2cc1Cl. The minimum Gasteiger partial charge on any atom is -0.423 e. The van der Waals surface area contributed by atoms with E-state index in [2.05, 4.69) is 10.2 Å². The summed E-state index contributed by atoms with van der Waals surface area (Å²) in [4.78, 5) is 12.1. The molecule has 9 heteroatoms. The minimum absolute atomic E-state index is 0.0749. The lowest BCUT2D eigenvalue weighted by atomic mass is 10.1. The fraction of sp³-hybridized carbons (Fsp3) is 0.292. The Morgan fingerprint density at radius 1 is 1.21 bits per heavy atom. The predicted octanol–water partition coefficient (Wildman–Crippen LogP) is 5.62. The molecule has 1 saturated heterocycles. The number of benzene rings is 2. The monoisotopic (exact) mass is 485 g/mol. The highest BCUT2D eigenvalue weighted by molar-refractivity contribution is 7.98. The van der Waals surface area contributed by atoms with E-state index in [4.69, 9.17) is 20.8 Å². The molecule has 1 fully saturated rings. The van der Waals surface area contributed by atoms with E-state index in [0.717, 1.165) is 41.5 Å². The topological polar surface area (TPSA) is 70.2 Å². The molecule has 1 aliphatic rings. The molecule has 0 bridgehead atoms. The molecule has 0 saturated carbocycles. The van der Waals surface area contributed by atoms with E-state index < -0.39 is 5.63 Å². The summed E-state index contributed by atoms with van der Waals surface area (Å²) in [5.41, 5.74) is 2.53. The Morgan fingerprint density at radius 3 is 2.79 bits per heavy atom. The second-order valence-corrected chi connectivity index (χ2v) is 9.39. The van der Waals surface area contributed by atoms with Crippen LogP contribution in [0.4, 0.5) is 4.39 Å². The van der Waals surface area contributed by atoms with Gasteiger partial charge in [-0.15, -0.1) is 10.2 Å². The number of hydrogen-bond donors (Lipinski definition) is 0. The van der Waals surface area contributed by atoms with Crippen LogP contribution in [0.25, 0.3) is 22.4 Å². The number of aromatic nitrogens is 3. The van der Waals surface area contributed by atoms with Crippen molar-refractivity contribution in [3.8, 4) is 11.4 Å². The van der Waals surface area contributed by atoms with Crippen LogP contribution in [-0.4, -0.2) is 27.5 Å². The molecule has 0 aliphatic carbocycles. The molecule has 2 aromatic heterocycles. The summed E-state index contributed by atoms with van der Waals surface area (Å²) < 4.78 is 26.7. The van der Waals surface area contributed by atoms with Crippen LogP contribution < -0.4 is 5.63 Å². The summed E-state index contributed by atoms with van der Waals surface area (Å²) in [6.07, 6.45) is 2.06. The molecule has 2 aromatic carbocycles. The van der Waals surface area contributed by atoms with Gasteiger partial charge in [0.25, 0.3) is 0 Å². The molecule has 0 amide bonds. The number of nitrogens with zero attached hydrogens (tertiary/aromatic N) is 3. The van der Waals surface area contributed by atoms with E-state index in [1.807, 2.05) is 17.6 Å². The summed E-state index contributed by atoms with van der Waals surface area (Å²) in [6.45, 7) is 3.21. The van der Waals surface area contributed by atoms with Crippen molar-refractivity contribution in [2.75, 3.05) is 6.61 Å². The van der Waals surface area contributed by atoms with Crippen molar-refractivity contribution in [1.82, 2.24) is 14.8 Å². The Labute approximate surface area is 198 Å². The average molecular weight is 486 g/mol. The van der Waals surface area contributed by atoms with Crippen molar-refractivity contribution >= 4 is 34.3 Å². The first kappa shape index (κ1) is 22.1. The second-order valence-electron chi connectivity index (χ2n) is 8.04. The Kier molecular flexibility index (Phi) is 6.23. The number of rotatable bonds is 6. The van der Waals surface area contributed by atoms with E-state index in [0.29, 0.717) is 33.9 Å². The minimum atomic E-state index is -0.410. The van der Waals surface area contributed by atoms with Crippen molar-refractivity contribution in [3.63, 3.8) is 0 Å². The maximum Gasteiger partial charge on any atom is 0.336 e. The van der Waals surface area contributed by atoms with Crippen LogP contribution in [-0.2, 0) is 17.0 Å². The van der Waals surface area contributed by atoms with E-state index in [1.165, 1.54) is 30.0 Å². The van der Waals surface area contributed by atoms with Gasteiger partial charge in [-0.05, 0) is 67.3 Å². The van der Waals surface area contributed by atoms with Crippen LogP contribution in [0.2, 0.25) is 5.02 Å². The van der Waals surface area contributed by atoms with Gasteiger partial charge in [0.1, 0.15) is 11.4 Å². The fourth-order valence-corrected chi connectivity index (χ4v) is 5.08.